The Hall–Kier alpha value is -1.14. The highest BCUT2D eigenvalue weighted by Gasteiger charge is 2.39. The third-order valence-corrected chi connectivity index (χ3v) is 5.31. The Balaban J connectivity index is 2.18. The summed E-state index contributed by atoms with van der Waals surface area (Å²) in [6.45, 7) is 1.67. The van der Waals surface area contributed by atoms with Crippen molar-refractivity contribution in [1.82, 2.24) is 5.32 Å². The maximum absolute atomic E-state index is 12.9. The molecule has 0 aliphatic carbocycles. The van der Waals surface area contributed by atoms with Gasteiger partial charge in [0.1, 0.15) is 5.82 Å². The number of carbonyl (C=O) groups excluding carboxylic acids is 1. The number of hydrogen-bond acceptors (Lipinski definition) is 3. The predicted molar refractivity (Wildman–Crippen MR) is 70.6 cm³/mol. The number of benzene rings is 1. The number of amides is 1. The van der Waals surface area contributed by atoms with Crippen molar-refractivity contribution >= 4 is 27.3 Å². The maximum atomic E-state index is 12.9. The molecule has 104 valence electrons. The minimum Gasteiger partial charge on any atom is -0.346 e. The van der Waals surface area contributed by atoms with Crippen LogP contribution >= 0.6 is 11.6 Å². The van der Waals surface area contributed by atoms with E-state index < -0.39 is 27.1 Å². The van der Waals surface area contributed by atoms with Gasteiger partial charge in [-0.2, -0.15) is 0 Å². The van der Waals surface area contributed by atoms with Crippen LogP contribution in [0.15, 0.2) is 18.2 Å². The van der Waals surface area contributed by atoms with Crippen LogP contribution in [0.3, 0.4) is 0 Å². The lowest BCUT2D eigenvalue weighted by atomic mass is 10.0. The SMILES string of the molecule is CC1(NC(=O)c2ccc(F)cc2Cl)CCS(=O)(=O)C1. The summed E-state index contributed by atoms with van der Waals surface area (Å²) in [5.74, 6) is -1.06. The molecule has 1 aliphatic rings. The van der Waals surface area contributed by atoms with Gasteiger partial charge in [0, 0.05) is 0 Å². The Morgan fingerprint density at radius 2 is 2.16 bits per heavy atom. The molecule has 1 atom stereocenters. The fourth-order valence-electron chi connectivity index (χ4n) is 2.12. The number of sulfone groups is 1. The Bertz CT molecular complexity index is 632. The number of carbonyl (C=O) groups is 1. The summed E-state index contributed by atoms with van der Waals surface area (Å²) < 4.78 is 35.8. The van der Waals surface area contributed by atoms with Crippen molar-refractivity contribution in [3.8, 4) is 0 Å². The normalized spacial score (nSPS) is 25.2. The van der Waals surface area contributed by atoms with Gasteiger partial charge in [0.25, 0.3) is 5.91 Å². The van der Waals surface area contributed by atoms with Crippen LogP contribution in [0.2, 0.25) is 5.02 Å². The molecule has 4 nitrogen and oxygen atoms in total. The first-order valence-corrected chi connectivity index (χ1v) is 7.89. The van der Waals surface area contributed by atoms with E-state index in [0.29, 0.717) is 6.42 Å². The first-order chi connectivity index (χ1) is 8.71. The zero-order valence-electron chi connectivity index (χ0n) is 10.2. The van der Waals surface area contributed by atoms with Crippen molar-refractivity contribution < 1.29 is 17.6 Å². The standard InChI is InChI=1S/C12H13ClFNO3S/c1-12(4-5-19(17,18)7-12)15-11(16)9-3-2-8(14)6-10(9)13/h2-3,6H,4-5,7H2,1H3,(H,15,16). The number of rotatable bonds is 2. The third-order valence-electron chi connectivity index (χ3n) is 3.09. The Kier molecular flexibility index (Phi) is 3.57. The van der Waals surface area contributed by atoms with Crippen LogP contribution < -0.4 is 5.32 Å². The second-order valence-electron chi connectivity index (χ2n) is 4.98. The van der Waals surface area contributed by atoms with Crippen LogP contribution in [0, 0.1) is 5.82 Å². The Morgan fingerprint density at radius 1 is 1.47 bits per heavy atom. The lowest BCUT2D eigenvalue weighted by Crippen LogP contribution is -2.47. The van der Waals surface area contributed by atoms with Gasteiger partial charge in [-0.15, -0.1) is 0 Å². The molecule has 1 fully saturated rings. The predicted octanol–water partition coefficient (Wildman–Crippen LogP) is 1.79. The molecule has 1 N–H and O–H groups in total. The smallest absolute Gasteiger partial charge is 0.253 e. The fraction of sp³-hybridized carbons (Fsp3) is 0.417. The van der Waals surface area contributed by atoms with Crippen molar-refractivity contribution in [2.45, 2.75) is 18.9 Å². The second-order valence-corrected chi connectivity index (χ2v) is 7.57. The topological polar surface area (TPSA) is 63.2 Å². The van der Waals surface area contributed by atoms with Gasteiger partial charge in [-0.3, -0.25) is 4.79 Å². The summed E-state index contributed by atoms with van der Waals surface area (Å²) in [5, 5.41) is 2.66. The van der Waals surface area contributed by atoms with E-state index in [4.69, 9.17) is 11.6 Å². The molecule has 1 aromatic carbocycles. The number of halogens is 2. The van der Waals surface area contributed by atoms with Crippen LogP contribution in [0.5, 0.6) is 0 Å². The molecule has 0 spiro atoms. The summed E-state index contributed by atoms with van der Waals surface area (Å²) in [5.41, 5.74) is -0.665. The van der Waals surface area contributed by atoms with Crippen molar-refractivity contribution in [3.63, 3.8) is 0 Å². The monoisotopic (exact) mass is 305 g/mol. The Morgan fingerprint density at radius 3 is 2.68 bits per heavy atom. The molecular weight excluding hydrogens is 293 g/mol. The minimum absolute atomic E-state index is 0.00181. The van der Waals surface area contributed by atoms with Crippen molar-refractivity contribution in [2.75, 3.05) is 11.5 Å². The average molecular weight is 306 g/mol. The van der Waals surface area contributed by atoms with Crippen molar-refractivity contribution in [3.05, 3.63) is 34.6 Å². The molecule has 19 heavy (non-hydrogen) atoms. The van der Waals surface area contributed by atoms with Gasteiger partial charge in [-0.05, 0) is 31.5 Å². The first kappa shape index (κ1) is 14.3. The average Bonchev–Trinajstić information content (AvgIpc) is 2.52. The van der Waals surface area contributed by atoms with Crippen LogP contribution in [-0.4, -0.2) is 31.4 Å². The second kappa shape index (κ2) is 4.76. The number of nitrogens with one attached hydrogen (secondary N) is 1. The molecule has 0 aromatic heterocycles. The van der Waals surface area contributed by atoms with Gasteiger partial charge in [-0.1, -0.05) is 11.6 Å². The molecule has 0 saturated carbocycles. The van der Waals surface area contributed by atoms with E-state index in [1.54, 1.807) is 6.92 Å². The lowest BCUT2D eigenvalue weighted by Gasteiger charge is -2.24. The maximum Gasteiger partial charge on any atom is 0.253 e. The molecule has 1 unspecified atom stereocenters. The largest absolute Gasteiger partial charge is 0.346 e. The molecule has 1 aromatic rings. The van der Waals surface area contributed by atoms with E-state index in [0.717, 1.165) is 12.1 Å². The Labute approximate surface area is 115 Å². The zero-order valence-corrected chi connectivity index (χ0v) is 11.8. The van der Waals surface area contributed by atoms with Gasteiger partial charge in [0.2, 0.25) is 0 Å². The van der Waals surface area contributed by atoms with Crippen LogP contribution in [0.25, 0.3) is 0 Å². The van der Waals surface area contributed by atoms with E-state index in [1.807, 2.05) is 0 Å². The van der Waals surface area contributed by atoms with Gasteiger partial charge < -0.3 is 5.32 Å². The van der Waals surface area contributed by atoms with Gasteiger partial charge >= 0.3 is 0 Å². The van der Waals surface area contributed by atoms with E-state index >= 15 is 0 Å². The molecule has 1 amide bonds. The van der Waals surface area contributed by atoms with E-state index in [2.05, 4.69) is 5.32 Å². The van der Waals surface area contributed by atoms with Crippen LogP contribution in [0.1, 0.15) is 23.7 Å². The molecule has 0 radical (unpaired) electrons. The fourth-order valence-corrected chi connectivity index (χ4v) is 4.47. The first-order valence-electron chi connectivity index (χ1n) is 5.69. The van der Waals surface area contributed by atoms with E-state index in [1.165, 1.54) is 6.07 Å². The van der Waals surface area contributed by atoms with E-state index in [-0.39, 0.29) is 22.1 Å². The zero-order chi connectivity index (χ0) is 14.3. The van der Waals surface area contributed by atoms with Crippen molar-refractivity contribution in [1.29, 1.82) is 0 Å². The molecule has 1 saturated heterocycles. The van der Waals surface area contributed by atoms with Gasteiger partial charge in [-0.25, -0.2) is 12.8 Å². The summed E-state index contributed by atoms with van der Waals surface area (Å²) >= 11 is 5.79. The summed E-state index contributed by atoms with van der Waals surface area (Å²) in [7, 11) is -3.11. The molecule has 7 heteroatoms. The molecule has 1 heterocycles. The molecular formula is C12H13ClFNO3S. The molecule has 2 rings (SSSR count). The summed E-state index contributed by atoms with van der Waals surface area (Å²) in [6, 6.07) is 3.46. The third kappa shape index (κ3) is 3.25. The lowest BCUT2D eigenvalue weighted by molar-refractivity contribution is 0.0915. The molecule has 1 aliphatic heterocycles. The minimum atomic E-state index is -3.11. The number of hydrogen-bond donors (Lipinski definition) is 1. The van der Waals surface area contributed by atoms with E-state index in [9.17, 15) is 17.6 Å². The highest BCUT2D eigenvalue weighted by Crippen LogP contribution is 2.24. The summed E-state index contributed by atoms with van der Waals surface area (Å²) in [6.07, 6.45) is 0.361. The van der Waals surface area contributed by atoms with Gasteiger partial charge in [0.05, 0.1) is 27.6 Å². The van der Waals surface area contributed by atoms with Crippen molar-refractivity contribution in [2.24, 2.45) is 0 Å². The quantitative estimate of drug-likeness (QED) is 0.906. The summed E-state index contributed by atoms with van der Waals surface area (Å²) in [4.78, 5) is 12.0. The van der Waals surface area contributed by atoms with Crippen LogP contribution in [0.4, 0.5) is 4.39 Å². The van der Waals surface area contributed by atoms with Crippen LogP contribution in [-0.2, 0) is 9.84 Å². The molecule has 0 bridgehead atoms. The van der Waals surface area contributed by atoms with Gasteiger partial charge in [0.15, 0.2) is 9.84 Å². The highest BCUT2D eigenvalue weighted by atomic mass is 35.5. The highest BCUT2D eigenvalue weighted by molar-refractivity contribution is 7.91.